The molecule has 10 heteroatoms. The second kappa shape index (κ2) is 8.72. The summed E-state index contributed by atoms with van der Waals surface area (Å²) >= 11 is 0. The van der Waals surface area contributed by atoms with Crippen molar-refractivity contribution in [2.45, 2.75) is 12.7 Å². The molecular weight excluding hydrogens is 414 g/mol. The maximum atomic E-state index is 12.5. The van der Waals surface area contributed by atoms with Gasteiger partial charge < -0.3 is 19.9 Å². The Labute approximate surface area is 182 Å². The van der Waals surface area contributed by atoms with Gasteiger partial charge >= 0.3 is 5.97 Å². The van der Waals surface area contributed by atoms with Gasteiger partial charge in [0.25, 0.3) is 11.6 Å². The third kappa shape index (κ3) is 4.33. The molecule has 2 aromatic carbocycles. The third-order valence-electron chi connectivity index (χ3n) is 5.03. The Bertz CT molecular complexity index is 1200. The molecule has 2 heterocycles. The van der Waals surface area contributed by atoms with E-state index >= 15 is 0 Å². The maximum absolute atomic E-state index is 12.5. The molecule has 0 fully saturated rings. The van der Waals surface area contributed by atoms with Crippen molar-refractivity contribution in [2.24, 2.45) is 4.99 Å². The summed E-state index contributed by atoms with van der Waals surface area (Å²) in [4.78, 5) is 40.4. The molecule has 1 aliphatic rings. The number of nitro groups is 1. The summed E-state index contributed by atoms with van der Waals surface area (Å²) in [6.07, 6.45) is 4.16. The fraction of sp³-hybridized carbons (Fsp3) is 0.136. The highest BCUT2D eigenvalue weighted by molar-refractivity contribution is 5.94. The lowest BCUT2D eigenvalue weighted by Crippen LogP contribution is -2.38. The van der Waals surface area contributed by atoms with E-state index < -0.39 is 17.1 Å². The van der Waals surface area contributed by atoms with E-state index in [2.05, 4.69) is 10.3 Å². The molecule has 1 aromatic heterocycles. The minimum absolute atomic E-state index is 0.132. The van der Waals surface area contributed by atoms with Gasteiger partial charge in [-0.05, 0) is 17.7 Å². The Balaban J connectivity index is 1.56. The molecule has 1 amide bonds. The normalized spacial score (nSPS) is 14.6. The van der Waals surface area contributed by atoms with Crippen LogP contribution >= 0.6 is 0 Å². The number of hydrogen-bond acceptors (Lipinski definition) is 6. The minimum Gasteiger partial charge on any atom is -0.480 e. The number of carboxylic acid groups (broad SMARTS) is 1. The molecular formula is C22H19N5O5. The summed E-state index contributed by atoms with van der Waals surface area (Å²) in [7, 11) is 0. The molecule has 10 nitrogen and oxygen atoms in total. The summed E-state index contributed by atoms with van der Waals surface area (Å²) in [6, 6.07) is 15.2. The number of benzene rings is 2. The quantitative estimate of drug-likeness (QED) is 0.435. The first-order valence-electron chi connectivity index (χ1n) is 9.73. The SMILES string of the molecule is O=C(O)CN1c2ccc([N+](=O)[O-])cc2N=CC1n1ccc(C(=O)NCc2ccccc2)c1. The average Bonchev–Trinajstić information content (AvgIpc) is 3.28. The molecule has 4 rings (SSSR count). The molecule has 1 atom stereocenters. The number of nitro benzene ring substituents is 1. The predicted octanol–water partition coefficient (Wildman–Crippen LogP) is 3.13. The van der Waals surface area contributed by atoms with Gasteiger partial charge in [0.05, 0.1) is 21.9 Å². The van der Waals surface area contributed by atoms with Gasteiger partial charge in [-0.2, -0.15) is 0 Å². The van der Waals surface area contributed by atoms with Crippen LogP contribution in [0, 0.1) is 10.1 Å². The van der Waals surface area contributed by atoms with E-state index in [0.29, 0.717) is 23.5 Å². The van der Waals surface area contributed by atoms with E-state index in [1.54, 1.807) is 27.9 Å². The number of carboxylic acids is 1. The number of amides is 1. The number of aromatic nitrogens is 1. The number of aliphatic imine (C=N–C) groups is 1. The highest BCUT2D eigenvalue weighted by atomic mass is 16.6. The van der Waals surface area contributed by atoms with E-state index in [-0.39, 0.29) is 18.1 Å². The molecule has 0 saturated carbocycles. The lowest BCUT2D eigenvalue weighted by molar-refractivity contribution is -0.384. The standard InChI is InChI=1S/C22H19N5O5/c28-21(29)14-26-19-7-6-17(27(31)32)10-18(19)23-12-20(26)25-9-8-16(13-25)22(30)24-11-15-4-2-1-3-5-15/h1-10,12-13,20H,11,14H2,(H,24,30)(H,28,29). The largest absolute Gasteiger partial charge is 0.480 e. The smallest absolute Gasteiger partial charge is 0.323 e. The number of carbonyl (C=O) groups excluding carboxylic acids is 1. The van der Waals surface area contributed by atoms with Gasteiger partial charge in [0, 0.05) is 37.3 Å². The highest BCUT2D eigenvalue weighted by Crippen LogP contribution is 2.38. The lowest BCUT2D eigenvalue weighted by atomic mass is 10.1. The summed E-state index contributed by atoms with van der Waals surface area (Å²) in [5.74, 6) is -1.33. The molecule has 1 unspecified atom stereocenters. The number of hydrogen-bond donors (Lipinski definition) is 2. The number of carbonyl (C=O) groups is 2. The molecule has 32 heavy (non-hydrogen) atoms. The van der Waals surface area contributed by atoms with Crippen LogP contribution in [0.1, 0.15) is 22.1 Å². The van der Waals surface area contributed by atoms with Gasteiger partial charge in [0.1, 0.15) is 12.7 Å². The van der Waals surface area contributed by atoms with Crippen molar-refractivity contribution in [1.82, 2.24) is 9.88 Å². The number of nitrogens with zero attached hydrogens (tertiary/aromatic N) is 4. The summed E-state index contributed by atoms with van der Waals surface area (Å²) in [5.41, 5.74) is 2.02. The first-order chi connectivity index (χ1) is 15.4. The second-order valence-electron chi connectivity index (χ2n) is 7.16. The Morgan fingerprint density at radius 2 is 1.94 bits per heavy atom. The molecule has 0 saturated heterocycles. The summed E-state index contributed by atoms with van der Waals surface area (Å²) < 4.78 is 1.67. The fourth-order valence-corrected chi connectivity index (χ4v) is 3.50. The zero-order valence-corrected chi connectivity index (χ0v) is 16.8. The molecule has 162 valence electrons. The first kappa shape index (κ1) is 20.8. The van der Waals surface area contributed by atoms with E-state index in [9.17, 15) is 24.8 Å². The van der Waals surface area contributed by atoms with Crippen molar-refractivity contribution >= 4 is 35.2 Å². The predicted molar refractivity (Wildman–Crippen MR) is 117 cm³/mol. The molecule has 0 bridgehead atoms. The van der Waals surface area contributed by atoms with Gasteiger partial charge in [-0.1, -0.05) is 30.3 Å². The van der Waals surface area contributed by atoms with E-state index in [0.717, 1.165) is 5.56 Å². The number of non-ortho nitro benzene ring substituents is 1. The Hall–Kier alpha value is -4.47. The van der Waals surface area contributed by atoms with E-state index in [1.807, 2.05) is 30.3 Å². The van der Waals surface area contributed by atoms with E-state index in [4.69, 9.17) is 0 Å². The number of fused-ring (bicyclic) bond motifs is 1. The van der Waals surface area contributed by atoms with Gasteiger partial charge in [0.2, 0.25) is 0 Å². The van der Waals surface area contributed by atoms with Gasteiger partial charge in [0.15, 0.2) is 0 Å². The summed E-state index contributed by atoms with van der Waals surface area (Å²) in [6.45, 7) is 0.0300. The van der Waals surface area contributed by atoms with Gasteiger partial charge in [-0.15, -0.1) is 0 Å². The Morgan fingerprint density at radius 1 is 1.16 bits per heavy atom. The average molecular weight is 433 g/mol. The molecule has 0 aliphatic carbocycles. The molecule has 3 aromatic rings. The molecule has 0 spiro atoms. The van der Waals surface area contributed by atoms with Crippen LogP contribution in [-0.4, -0.2) is 39.2 Å². The van der Waals surface area contributed by atoms with E-state index in [1.165, 1.54) is 24.4 Å². The number of anilines is 1. The third-order valence-corrected chi connectivity index (χ3v) is 5.03. The van der Waals surface area contributed by atoms with Crippen molar-refractivity contribution in [2.75, 3.05) is 11.4 Å². The Kier molecular flexibility index (Phi) is 5.67. The van der Waals surface area contributed by atoms with Crippen LogP contribution in [0.4, 0.5) is 17.1 Å². The highest BCUT2D eigenvalue weighted by Gasteiger charge is 2.28. The van der Waals surface area contributed by atoms with Crippen LogP contribution in [-0.2, 0) is 11.3 Å². The van der Waals surface area contributed by atoms with Crippen molar-refractivity contribution < 1.29 is 19.6 Å². The van der Waals surface area contributed by atoms with Gasteiger partial charge in [-0.3, -0.25) is 24.7 Å². The second-order valence-corrected chi connectivity index (χ2v) is 7.16. The molecule has 2 N–H and O–H groups in total. The number of nitrogens with one attached hydrogen (secondary N) is 1. The number of aliphatic carboxylic acids is 1. The topological polar surface area (TPSA) is 130 Å². The molecule has 0 radical (unpaired) electrons. The van der Waals surface area contributed by atoms with Crippen molar-refractivity contribution in [3.8, 4) is 0 Å². The van der Waals surface area contributed by atoms with Crippen LogP contribution in [0.25, 0.3) is 0 Å². The monoisotopic (exact) mass is 433 g/mol. The molecule has 1 aliphatic heterocycles. The fourth-order valence-electron chi connectivity index (χ4n) is 3.50. The zero-order valence-electron chi connectivity index (χ0n) is 16.8. The van der Waals surface area contributed by atoms with Crippen LogP contribution in [0.5, 0.6) is 0 Å². The first-order valence-corrected chi connectivity index (χ1v) is 9.73. The van der Waals surface area contributed by atoms with Crippen molar-refractivity contribution in [1.29, 1.82) is 0 Å². The Morgan fingerprint density at radius 3 is 2.66 bits per heavy atom. The summed E-state index contributed by atoms with van der Waals surface area (Å²) in [5, 5.41) is 23.3. The van der Waals surface area contributed by atoms with Crippen LogP contribution < -0.4 is 10.2 Å². The maximum Gasteiger partial charge on any atom is 0.323 e. The van der Waals surface area contributed by atoms with Crippen LogP contribution in [0.3, 0.4) is 0 Å². The van der Waals surface area contributed by atoms with Crippen LogP contribution in [0.15, 0.2) is 72.0 Å². The van der Waals surface area contributed by atoms with Crippen molar-refractivity contribution in [3.05, 3.63) is 88.2 Å². The number of rotatable bonds is 7. The minimum atomic E-state index is -1.07. The van der Waals surface area contributed by atoms with Crippen LogP contribution in [0.2, 0.25) is 0 Å². The van der Waals surface area contributed by atoms with Crippen molar-refractivity contribution in [3.63, 3.8) is 0 Å². The lowest BCUT2D eigenvalue weighted by Gasteiger charge is -2.34. The zero-order chi connectivity index (χ0) is 22.7. The van der Waals surface area contributed by atoms with Gasteiger partial charge in [-0.25, -0.2) is 0 Å².